The highest BCUT2D eigenvalue weighted by Crippen LogP contribution is 2.27. The molecule has 0 atom stereocenters. The number of aromatic nitrogens is 1. The lowest BCUT2D eigenvalue weighted by molar-refractivity contribution is 0.409. The Balaban J connectivity index is 3.03. The highest BCUT2D eigenvalue weighted by molar-refractivity contribution is 5.52. The third kappa shape index (κ3) is 3.33. The maximum atomic E-state index is 5.70. The Morgan fingerprint density at radius 2 is 2.12 bits per heavy atom. The smallest absolute Gasteiger partial charge is 0.171 e. The molecular weight excluding hydrogens is 214 g/mol. The second kappa shape index (κ2) is 7.12. The van der Waals surface area contributed by atoms with Crippen molar-refractivity contribution in [1.29, 1.82) is 0 Å². The van der Waals surface area contributed by atoms with Crippen molar-refractivity contribution in [1.82, 2.24) is 4.98 Å². The zero-order valence-corrected chi connectivity index (χ0v) is 11.0. The molecule has 4 nitrogen and oxygen atoms in total. The molecule has 0 aliphatic heterocycles. The van der Waals surface area contributed by atoms with E-state index in [1.807, 2.05) is 12.1 Å². The SMILES string of the molecule is CCC(CC)N(CCN)c1ncccc1OC. The van der Waals surface area contributed by atoms with Crippen LogP contribution >= 0.6 is 0 Å². The number of pyridine rings is 1. The zero-order chi connectivity index (χ0) is 12.7. The lowest BCUT2D eigenvalue weighted by atomic mass is 10.1. The number of nitrogens with zero attached hydrogens (tertiary/aromatic N) is 2. The van der Waals surface area contributed by atoms with Crippen LogP contribution in [0.5, 0.6) is 5.75 Å². The monoisotopic (exact) mass is 237 g/mol. The molecule has 96 valence electrons. The van der Waals surface area contributed by atoms with Crippen molar-refractivity contribution in [2.24, 2.45) is 5.73 Å². The zero-order valence-electron chi connectivity index (χ0n) is 11.0. The molecule has 2 N–H and O–H groups in total. The van der Waals surface area contributed by atoms with Gasteiger partial charge in [0.25, 0.3) is 0 Å². The number of methoxy groups -OCH3 is 1. The molecule has 0 aromatic carbocycles. The lowest BCUT2D eigenvalue weighted by Gasteiger charge is -2.32. The van der Waals surface area contributed by atoms with Gasteiger partial charge in [0.2, 0.25) is 0 Å². The molecule has 1 aromatic heterocycles. The summed E-state index contributed by atoms with van der Waals surface area (Å²) in [6.07, 6.45) is 3.95. The molecule has 0 spiro atoms. The second-order valence-electron chi connectivity index (χ2n) is 3.98. The van der Waals surface area contributed by atoms with Gasteiger partial charge in [-0.25, -0.2) is 4.98 Å². The summed E-state index contributed by atoms with van der Waals surface area (Å²) in [5.74, 6) is 1.71. The van der Waals surface area contributed by atoms with Crippen LogP contribution in [0.1, 0.15) is 26.7 Å². The molecule has 0 aliphatic carbocycles. The number of anilines is 1. The summed E-state index contributed by atoms with van der Waals surface area (Å²) in [5.41, 5.74) is 5.70. The number of rotatable bonds is 7. The maximum absolute atomic E-state index is 5.70. The van der Waals surface area contributed by atoms with Crippen LogP contribution in [0.25, 0.3) is 0 Å². The molecule has 0 aliphatic rings. The molecule has 0 radical (unpaired) electrons. The average molecular weight is 237 g/mol. The van der Waals surface area contributed by atoms with E-state index in [0.717, 1.165) is 31.0 Å². The first kappa shape index (κ1) is 13.8. The van der Waals surface area contributed by atoms with E-state index in [2.05, 4.69) is 23.7 Å². The van der Waals surface area contributed by atoms with Crippen molar-refractivity contribution in [3.63, 3.8) is 0 Å². The fraction of sp³-hybridized carbons (Fsp3) is 0.615. The Hall–Kier alpha value is -1.29. The third-order valence-corrected chi connectivity index (χ3v) is 3.00. The fourth-order valence-electron chi connectivity index (χ4n) is 2.09. The quantitative estimate of drug-likeness (QED) is 0.788. The molecule has 1 aromatic rings. The van der Waals surface area contributed by atoms with E-state index < -0.39 is 0 Å². The molecule has 4 heteroatoms. The van der Waals surface area contributed by atoms with E-state index in [1.165, 1.54) is 0 Å². The molecule has 0 saturated heterocycles. The van der Waals surface area contributed by atoms with E-state index in [4.69, 9.17) is 10.5 Å². The number of nitrogens with two attached hydrogens (primary N) is 1. The molecule has 0 bridgehead atoms. The van der Waals surface area contributed by atoms with Crippen LogP contribution in [0.4, 0.5) is 5.82 Å². The minimum Gasteiger partial charge on any atom is -0.493 e. The Morgan fingerprint density at radius 1 is 1.41 bits per heavy atom. The van der Waals surface area contributed by atoms with Gasteiger partial charge in [-0.1, -0.05) is 13.8 Å². The van der Waals surface area contributed by atoms with Crippen molar-refractivity contribution in [3.05, 3.63) is 18.3 Å². The van der Waals surface area contributed by atoms with E-state index >= 15 is 0 Å². The van der Waals surface area contributed by atoms with Crippen LogP contribution in [0.15, 0.2) is 18.3 Å². The Bertz CT molecular complexity index is 326. The van der Waals surface area contributed by atoms with Gasteiger partial charge in [-0.2, -0.15) is 0 Å². The summed E-state index contributed by atoms with van der Waals surface area (Å²) in [5, 5.41) is 0. The third-order valence-electron chi connectivity index (χ3n) is 3.00. The van der Waals surface area contributed by atoms with Gasteiger partial charge in [0.15, 0.2) is 11.6 Å². The van der Waals surface area contributed by atoms with Crippen molar-refractivity contribution < 1.29 is 4.74 Å². The van der Waals surface area contributed by atoms with Gasteiger partial charge in [0.05, 0.1) is 7.11 Å². The van der Waals surface area contributed by atoms with Crippen LogP contribution in [0.2, 0.25) is 0 Å². The molecule has 0 unspecified atom stereocenters. The summed E-state index contributed by atoms with van der Waals surface area (Å²) in [6, 6.07) is 4.28. The van der Waals surface area contributed by atoms with E-state index in [9.17, 15) is 0 Å². The van der Waals surface area contributed by atoms with Crippen LogP contribution in [-0.2, 0) is 0 Å². The number of hydrogen-bond donors (Lipinski definition) is 1. The van der Waals surface area contributed by atoms with Crippen LogP contribution in [-0.4, -0.2) is 31.2 Å². The van der Waals surface area contributed by atoms with Gasteiger partial charge in [0.1, 0.15) is 0 Å². The predicted octanol–water partition coefficient (Wildman–Crippen LogP) is 2.04. The molecule has 1 rings (SSSR count). The largest absolute Gasteiger partial charge is 0.493 e. The minimum atomic E-state index is 0.461. The first-order valence-electron chi connectivity index (χ1n) is 6.24. The second-order valence-corrected chi connectivity index (χ2v) is 3.98. The fourth-order valence-corrected chi connectivity index (χ4v) is 2.09. The Kier molecular flexibility index (Phi) is 5.77. The molecule has 0 amide bonds. The van der Waals surface area contributed by atoms with Gasteiger partial charge in [-0.3, -0.25) is 0 Å². The molecule has 0 fully saturated rings. The molecule has 17 heavy (non-hydrogen) atoms. The average Bonchev–Trinajstić information content (AvgIpc) is 2.39. The Morgan fingerprint density at radius 3 is 2.65 bits per heavy atom. The lowest BCUT2D eigenvalue weighted by Crippen LogP contribution is -2.39. The molecule has 1 heterocycles. The first-order valence-corrected chi connectivity index (χ1v) is 6.24. The summed E-state index contributed by atoms with van der Waals surface area (Å²) in [4.78, 5) is 6.68. The van der Waals surface area contributed by atoms with Gasteiger partial charge >= 0.3 is 0 Å². The summed E-state index contributed by atoms with van der Waals surface area (Å²) in [7, 11) is 1.67. The highest BCUT2D eigenvalue weighted by atomic mass is 16.5. The number of ether oxygens (including phenoxy) is 1. The van der Waals surface area contributed by atoms with E-state index in [0.29, 0.717) is 12.6 Å². The standard InChI is InChI=1S/C13H23N3O/c1-4-11(5-2)16(10-8-14)13-12(17-3)7-6-9-15-13/h6-7,9,11H,4-5,8,10,14H2,1-3H3. The highest BCUT2D eigenvalue weighted by Gasteiger charge is 2.19. The van der Waals surface area contributed by atoms with Crippen molar-refractivity contribution in [2.45, 2.75) is 32.7 Å². The van der Waals surface area contributed by atoms with Gasteiger partial charge in [-0.15, -0.1) is 0 Å². The maximum Gasteiger partial charge on any atom is 0.171 e. The van der Waals surface area contributed by atoms with E-state index in [1.54, 1.807) is 13.3 Å². The van der Waals surface area contributed by atoms with Crippen LogP contribution in [0, 0.1) is 0 Å². The topological polar surface area (TPSA) is 51.4 Å². The summed E-state index contributed by atoms with van der Waals surface area (Å²) < 4.78 is 5.37. The summed E-state index contributed by atoms with van der Waals surface area (Å²) in [6.45, 7) is 5.80. The van der Waals surface area contributed by atoms with Gasteiger partial charge in [0, 0.05) is 25.3 Å². The van der Waals surface area contributed by atoms with E-state index in [-0.39, 0.29) is 0 Å². The van der Waals surface area contributed by atoms with Crippen LogP contribution in [0.3, 0.4) is 0 Å². The van der Waals surface area contributed by atoms with Crippen molar-refractivity contribution in [3.8, 4) is 5.75 Å². The molecule has 0 saturated carbocycles. The van der Waals surface area contributed by atoms with Crippen LogP contribution < -0.4 is 15.4 Å². The van der Waals surface area contributed by atoms with Crippen molar-refractivity contribution in [2.75, 3.05) is 25.1 Å². The minimum absolute atomic E-state index is 0.461. The van der Waals surface area contributed by atoms with Crippen molar-refractivity contribution >= 4 is 5.82 Å². The predicted molar refractivity (Wildman–Crippen MR) is 71.6 cm³/mol. The summed E-state index contributed by atoms with van der Waals surface area (Å²) >= 11 is 0. The number of hydrogen-bond acceptors (Lipinski definition) is 4. The van der Waals surface area contributed by atoms with Gasteiger partial charge in [-0.05, 0) is 25.0 Å². The Labute approximate surface area is 104 Å². The normalized spacial score (nSPS) is 10.6. The van der Waals surface area contributed by atoms with Gasteiger partial charge < -0.3 is 15.4 Å². The first-order chi connectivity index (χ1) is 8.28. The molecular formula is C13H23N3O.